The highest BCUT2D eigenvalue weighted by atomic mass is 16.6. The second-order valence-electron chi connectivity index (χ2n) is 14.8. The number of fused-ring (bicyclic) bond motifs is 3. The smallest absolute Gasteiger partial charge is 0.343 e. The first kappa shape index (κ1) is 28.0. The van der Waals surface area contributed by atoms with Crippen molar-refractivity contribution < 1.29 is 24.1 Å². The van der Waals surface area contributed by atoms with Crippen LogP contribution < -0.4 is 0 Å². The molecule has 6 unspecified atom stereocenters. The maximum absolute atomic E-state index is 12.5. The van der Waals surface area contributed by atoms with Crippen molar-refractivity contribution in [1.82, 2.24) is 4.90 Å². The van der Waals surface area contributed by atoms with Gasteiger partial charge in [0, 0.05) is 35.9 Å². The van der Waals surface area contributed by atoms with E-state index in [1.54, 1.807) is 14.0 Å². The summed E-state index contributed by atoms with van der Waals surface area (Å²) in [5.74, 6) is 3.39. The van der Waals surface area contributed by atoms with Crippen molar-refractivity contribution in [2.24, 2.45) is 28.6 Å². The Morgan fingerprint density at radius 3 is 2.49 bits per heavy atom. The lowest BCUT2D eigenvalue weighted by Crippen LogP contribution is -2.57. The Labute approximate surface area is 246 Å². The van der Waals surface area contributed by atoms with Gasteiger partial charge in [-0.2, -0.15) is 0 Å². The summed E-state index contributed by atoms with van der Waals surface area (Å²) in [7, 11) is 1.60. The Bertz CT molecular complexity index is 1130. The predicted molar refractivity (Wildman–Crippen MR) is 157 cm³/mol. The Kier molecular flexibility index (Phi) is 7.33. The molecule has 3 aliphatic carbocycles. The highest BCUT2D eigenvalue weighted by molar-refractivity contribution is 5.93. The number of piperidine rings is 1. The molecule has 0 radical (unpaired) electrons. The summed E-state index contributed by atoms with van der Waals surface area (Å²) in [6, 6.07) is 0.533. The summed E-state index contributed by atoms with van der Waals surface area (Å²) in [6.07, 6.45) is 22.3. The molecule has 1 N–H and O–H groups in total. The number of aliphatic hydroxyl groups is 1. The van der Waals surface area contributed by atoms with Gasteiger partial charge in [0.15, 0.2) is 11.5 Å². The van der Waals surface area contributed by atoms with Crippen LogP contribution in [0, 0.1) is 28.6 Å². The molecule has 5 fully saturated rings. The Hall–Kier alpha value is -1.79. The molecule has 0 bridgehead atoms. The Morgan fingerprint density at radius 1 is 1.00 bits per heavy atom. The number of esters is 1. The molecule has 41 heavy (non-hydrogen) atoms. The number of allylic oxidation sites excluding steroid dienone is 1. The van der Waals surface area contributed by atoms with E-state index in [1.807, 2.05) is 0 Å². The van der Waals surface area contributed by atoms with Gasteiger partial charge in [-0.05, 0) is 82.1 Å². The predicted octanol–water partition coefficient (Wildman–Crippen LogP) is 7.14. The van der Waals surface area contributed by atoms with Gasteiger partial charge in [-0.1, -0.05) is 51.9 Å². The van der Waals surface area contributed by atoms with Gasteiger partial charge in [-0.25, -0.2) is 4.79 Å². The molecule has 6 atom stereocenters. The average Bonchev–Trinajstić information content (AvgIpc) is 3.72. The molecule has 3 saturated carbocycles. The van der Waals surface area contributed by atoms with Crippen LogP contribution in [0.15, 0.2) is 34.7 Å². The fourth-order valence-electron chi connectivity index (χ4n) is 10.7. The number of rotatable bonds is 4. The van der Waals surface area contributed by atoms with E-state index in [-0.39, 0.29) is 35.4 Å². The van der Waals surface area contributed by atoms with Crippen molar-refractivity contribution in [1.29, 1.82) is 0 Å². The van der Waals surface area contributed by atoms with E-state index < -0.39 is 0 Å². The summed E-state index contributed by atoms with van der Waals surface area (Å²) in [5, 5.41) is 12.1. The number of aliphatic hydroxyl groups excluding tert-OH is 1. The zero-order valence-electron chi connectivity index (χ0n) is 25.6. The van der Waals surface area contributed by atoms with Gasteiger partial charge >= 0.3 is 5.97 Å². The minimum atomic E-state index is -0.348. The Balaban J connectivity index is 1.22. The molecule has 0 aromatic carbocycles. The molecule has 2 spiro atoms. The molecule has 0 aromatic rings. The molecule has 226 valence electrons. The van der Waals surface area contributed by atoms with E-state index in [4.69, 9.17) is 14.2 Å². The average molecular weight is 566 g/mol. The van der Waals surface area contributed by atoms with Crippen LogP contribution in [0.3, 0.4) is 0 Å². The van der Waals surface area contributed by atoms with Gasteiger partial charge < -0.3 is 19.3 Å². The second kappa shape index (κ2) is 10.7. The lowest BCUT2D eigenvalue weighted by molar-refractivity contribution is -0.133. The highest BCUT2D eigenvalue weighted by Gasteiger charge is 2.54. The number of nitrogens with zero attached hydrogens (tertiary/aromatic N) is 1. The number of carbonyl (C=O) groups excluding carboxylic acids is 1. The lowest BCUT2D eigenvalue weighted by Gasteiger charge is -2.49. The summed E-state index contributed by atoms with van der Waals surface area (Å²) >= 11 is 0. The van der Waals surface area contributed by atoms with Crippen LogP contribution >= 0.6 is 0 Å². The van der Waals surface area contributed by atoms with Crippen molar-refractivity contribution in [2.45, 2.75) is 135 Å². The minimum absolute atomic E-state index is 0.0684. The summed E-state index contributed by atoms with van der Waals surface area (Å²) in [4.78, 5) is 15.3. The number of methoxy groups -OCH3 is 1. The molecule has 6 nitrogen and oxygen atoms in total. The number of carbonyl (C=O) groups is 1. The van der Waals surface area contributed by atoms with E-state index in [1.165, 1.54) is 77.0 Å². The first-order valence-electron chi connectivity index (χ1n) is 16.9. The van der Waals surface area contributed by atoms with Crippen molar-refractivity contribution in [3.05, 3.63) is 34.7 Å². The fourth-order valence-corrected chi connectivity index (χ4v) is 10.7. The Morgan fingerprint density at radius 2 is 1.73 bits per heavy atom. The first-order valence-corrected chi connectivity index (χ1v) is 16.9. The van der Waals surface area contributed by atoms with Crippen LogP contribution in [-0.4, -0.2) is 47.8 Å². The van der Waals surface area contributed by atoms with Crippen LogP contribution in [0.2, 0.25) is 0 Å². The van der Waals surface area contributed by atoms with Crippen LogP contribution in [-0.2, 0) is 19.0 Å². The quantitative estimate of drug-likeness (QED) is 0.366. The lowest BCUT2D eigenvalue weighted by atomic mass is 9.71. The molecular formula is C35H51NO5. The van der Waals surface area contributed by atoms with Gasteiger partial charge in [0.1, 0.15) is 5.76 Å². The SMILES string of the molecule is COC1=C(C)C(=O)OC1=C1OC2=CC3(CCCCC3)CN3C(C(O)CC4CCCC45CCCC5)CCCC3C2C1C. The number of hydrogen-bond acceptors (Lipinski definition) is 6. The number of hydrogen-bond donors (Lipinski definition) is 1. The standard InChI is InChI=1S/C35H51NO5/c1-22-29-26-13-9-12-25(27(37)19-24-11-10-18-35(24)16-7-8-17-35)36(26)21-34(14-5-4-6-15-34)20-28(29)40-31(22)32-30(39-3)23(2)33(38)41-32/h20,22,24-27,29,37H,4-19,21H2,1-3H3. The molecule has 2 saturated heterocycles. The molecule has 4 aliphatic heterocycles. The summed E-state index contributed by atoms with van der Waals surface area (Å²) < 4.78 is 18.2. The third-order valence-electron chi connectivity index (χ3n) is 12.7. The van der Waals surface area contributed by atoms with E-state index in [0.717, 1.165) is 43.7 Å². The molecule has 7 rings (SSSR count). The molecule has 6 heteroatoms. The first-order chi connectivity index (χ1) is 19.8. The molecule has 0 amide bonds. The zero-order valence-corrected chi connectivity index (χ0v) is 25.6. The van der Waals surface area contributed by atoms with Crippen molar-refractivity contribution in [3.8, 4) is 0 Å². The molecule has 4 heterocycles. The van der Waals surface area contributed by atoms with Crippen LogP contribution in [0.4, 0.5) is 0 Å². The van der Waals surface area contributed by atoms with Gasteiger partial charge in [-0.15, -0.1) is 0 Å². The van der Waals surface area contributed by atoms with E-state index >= 15 is 0 Å². The van der Waals surface area contributed by atoms with Crippen molar-refractivity contribution >= 4 is 5.97 Å². The summed E-state index contributed by atoms with van der Waals surface area (Å²) in [5.41, 5.74) is 1.11. The summed E-state index contributed by atoms with van der Waals surface area (Å²) in [6.45, 7) is 5.04. The second-order valence-corrected chi connectivity index (χ2v) is 14.8. The fraction of sp³-hybridized carbons (Fsp3) is 0.800. The number of cyclic esters (lactones) is 1. The van der Waals surface area contributed by atoms with Crippen molar-refractivity contribution in [3.63, 3.8) is 0 Å². The maximum atomic E-state index is 12.5. The largest absolute Gasteiger partial charge is 0.492 e. The topological polar surface area (TPSA) is 68.2 Å². The van der Waals surface area contributed by atoms with E-state index in [0.29, 0.717) is 34.5 Å². The monoisotopic (exact) mass is 565 g/mol. The van der Waals surface area contributed by atoms with Crippen LogP contribution in [0.5, 0.6) is 0 Å². The number of ether oxygens (including phenoxy) is 3. The van der Waals surface area contributed by atoms with Gasteiger partial charge in [-0.3, -0.25) is 4.90 Å². The molecule has 7 aliphatic rings. The maximum Gasteiger partial charge on any atom is 0.343 e. The molecular weight excluding hydrogens is 514 g/mol. The van der Waals surface area contributed by atoms with E-state index in [9.17, 15) is 9.90 Å². The van der Waals surface area contributed by atoms with Crippen LogP contribution in [0.1, 0.15) is 117 Å². The molecule has 0 aromatic heterocycles. The minimum Gasteiger partial charge on any atom is -0.492 e. The third-order valence-corrected chi connectivity index (χ3v) is 12.7. The van der Waals surface area contributed by atoms with Crippen molar-refractivity contribution in [2.75, 3.05) is 13.7 Å². The highest BCUT2D eigenvalue weighted by Crippen LogP contribution is 2.57. The van der Waals surface area contributed by atoms with E-state index in [2.05, 4.69) is 17.9 Å². The normalized spacial score (nSPS) is 38.9. The van der Waals surface area contributed by atoms with Crippen LogP contribution in [0.25, 0.3) is 0 Å². The zero-order chi connectivity index (χ0) is 28.4. The van der Waals surface area contributed by atoms with Gasteiger partial charge in [0.25, 0.3) is 0 Å². The third kappa shape index (κ3) is 4.61. The van der Waals surface area contributed by atoms with Gasteiger partial charge in [0.05, 0.1) is 18.8 Å². The van der Waals surface area contributed by atoms with Gasteiger partial charge in [0.2, 0.25) is 5.76 Å².